The summed E-state index contributed by atoms with van der Waals surface area (Å²) in [6, 6.07) is 8.15. The van der Waals surface area contributed by atoms with E-state index in [1.807, 2.05) is 5.32 Å². The molecular weight excluding hydrogens is 446 g/mol. The molecule has 0 aliphatic carbocycles. The molecule has 7 nitrogen and oxygen atoms in total. The third-order valence-corrected chi connectivity index (χ3v) is 4.18. The Balaban J connectivity index is 0.000000396. The van der Waals surface area contributed by atoms with Gasteiger partial charge in [0.1, 0.15) is 23.3 Å². The summed E-state index contributed by atoms with van der Waals surface area (Å²) in [7, 11) is 0. The van der Waals surface area contributed by atoms with Crippen molar-refractivity contribution in [1.82, 2.24) is 5.32 Å². The van der Waals surface area contributed by atoms with E-state index in [4.69, 9.17) is 26.6 Å². The first-order chi connectivity index (χ1) is 15.3. The number of aliphatic hydroxyl groups is 2. The fourth-order valence-corrected chi connectivity index (χ4v) is 2.43. The van der Waals surface area contributed by atoms with Gasteiger partial charge in [-0.3, -0.25) is 10.1 Å². The molecule has 32 heavy (non-hydrogen) atoms. The topological polar surface area (TPSA) is 108 Å². The lowest BCUT2D eigenvalue weighted by Crippen LogP contribution is -2.35. The van der Waals surface area contributed by atoms with Crippen LogP contribution in [-0.2, 0) is 4.74 Å². The first-order valence-electron chi connectivity index (χ1n) is 9.97. The van der Waals surface area contributed by atoms with Crippen LogP contribution in [0.4, 0.5) is 19.3 Å². The fourth-order valence-electron chi connectivity index (χ4n) is 2.30. The highest BCUT2D eigenvalue weighted by Crippen LogP contribution is 2.14. The minimum Gasteiger partial charge on any atom is -0.394 e. The van der Waals surface area contributed by atoms with E-state index < -0.39 is 35.2 Å². The molecule has 0 saturated carbocycles. The Labute approximate surface area is 190 Å². The second kappa shape index (κ2) is 15.3. The number of hydrogen-bond acceptors (Lipinski definition) is 5. The average Bonchev–Trinajstić information content (AvgIpc) is 2.75. The Bertz CT molecular complexity index is 832. The average molecular weight is 473 g/mol. The van der Waals surface area contributed by atoms with Crippen molar-refractivity contribution in [2.45, 2.75) is 32.3 Å². The van der Waals surface area contributed by atoms with Crippen LogP contribution < -0.4 is 10.6 Å². The highest BCUT2D eigenvalue weighted by Gasteiger charge is 2.19. The summed E-state index contributed by atoms with van der Waals surface area (Å²) in [5, 5.41) is 21.9. The van der Waals surface area contributed by atoms with Gasteiger partial charge < -0.3 is 20.3 Å². The molecule has 2 rings (SSSR count). The molecule has 2 aromatic rings. The van der Waals surface area contributed by atoms with E-state index in [0.717, 1.165) is 31.0 Å². The molecule has 0 saturated heterocycles. The molecule has 0 fully saturated rings. The molecule has 3 amide bonds. The van der Waals surface area contributed by atoms with Crippen LogP contribution in [0.25, 0.3) is 0 Å². The minimum absolute atomic E-state index is 0.215. The Morgan fingerprint density at radius 1 is 1.09 bits per heavy atom. The summed E-state index contributed by atoms with van der Waals surface area (Å²) in [5.41, 5.74) is -0.442. The Kier molecular flexibility index (Phi) is 13.1. The van der Waals surface area contributed by atoms with Gasteiger partial charge in [0, 0.05) is 17.3 Å². The van der Waals surface area contributed by atoms with Crippen LogP contribution in [0.3, 0.4) is 0 Å². The molecule has 176 valence electrons. The van der Waals surface area contributed by atoms with Crippen LogP contribution in [0.1, 0.15) is 36.5 Å². The highest BCUT2D eigenvalue weighted by molar-refractivity contribution is 6.30. The second-order valence-electron chi connectivity index (χ2n) is 6.63. The molecule has 1 atom stereocenters. The van der Waals surface area contributed by atoms with Gasteiger partial charge in [-0.15, -0.1) is 0 Å². The van der Waals surface area contributed by atoms with E-state index in [1.165, 1.54) is 30.7 Å². The number of benzene rings is 2. The molecule has 0 aliphatic rings. The lowest BCUT2D eigenvalue weighted by molar-refractivity contribution is 0.00533. The summed E-state index contributed by atoms with van der Waals surface area (Å²) in [4.78, 5) is 23.3. The molecule has 1 unspecified atom stereocenters. The normalized spacial score (nSPS) is 11.2. The summed E-state index contributed by atoms with van der Waals surface area (Å²) in [6.45, 7) is 2.85. The Hall–Kier alpha value is -2.59. The van der Waals surface area contributed by atoms with Crippen molar-refractivity contribution in [2.24, 2.45) is 0 Å². The van der Waals surface area contributed by atoms with E-state index in [2.05, 4.69) is 12.2 Å². The molecule has 0 aromatic heterocycles. The number of anilines is 1. The maximum atomic E-state index is 13.4. The number of imide groups is 1. The number of unbranched alkanes of at least 4 members (excludes halogenated alkanes) is 2. The molecule has 4 N–H and O–H groups in total. The Morgan fingerprint density at radius 2 is 1.72 bits per heavy atom. The van der Waals surface area contributed by atoms with Gasteiger partial charge >= 0.3 is 6.03 Å². The summed E-state index contributed by atoms with van der Waals surface area (Å²) in [6.07, 6.45) is 2.66. The van der Waals surface area contributed by atoms with Crippen molar-refractivity contribution in [3.63, 3.8) is 0 Å². The van der Waals surface area contributed by atoms with Crippen molar-refractivity contribution < 1.29 is 33.3 Å². The molecule has 10 heteroatoms. The van der Waals surface area contributed by atoms with E-state index in [0.29, 0.717) is 17.3 Å². The summed E-state index contributed by atoms with van der Waals surface area (Å²) < 4.78 is 31.8. The van der Waals surface area contributed by atoms with Gasteiger partial charge in [0.15, 0.2) is 0 Å². The van der Waals surface area contributed by atoms with Gasteiger partial charge in [-0.1, -0.05) is 37.4 Å². The van der Waals surface area contributed by atoms with Crippen molar-refractivity contribution in [3.05, 3.63) is 64.7 Å². The van der Waals surface area contributed by atoms with Gasteiger partial charge in [-0.2, -0.15) is 0 Å². The van der Waals surface area contributed by atoms with Crippen LogP contribution in [-0.4, -0.2) is 48.1 Å². The number of carbonyl (C=O) groups excluding carboxylic acids is 2. The molecule has 0 radical (unpaired) electrons. The number of aliphatic hydroxyl groups excluding tert-OH is 2. The fraction of sp³-hybridized carbons (Fsp3) is 0.364. The lowest BCUT2D eigenvalue weighted by Gasteiger charge is -2.08. The largest absolute Gasteiger partial charge is 0.394 e. The summed E-state index contributed by atoms with van der Waals surface area (Å²) >= 11 is 5.68. The van der Waals surface area contributed by atoms with Crippen molar-refractivity contribution >= 4 is 29.2 Å². The number of ether oxygens (including phenoxy) is 1. The summed E-state index contributed by atoms with van der Waals surface area (Å²) in [5.74, 6) is -3.27. The van der Waals surface area contributed by atoms with Crippen LogP contribution >= 0.6 is 11.6 Å². The monoisotopic (exact) mass is 472 g/mol. The number of urea groups is 1. The molecule has 0 spiro atoms. The first-order valence-corrected chi connectivity index (χ1v) is 10.3. The van der Waals surface area contributed by atoms with Crippen LogP contribution in [0, 0.1) is 11.6 Å². The zero-order valence-corrected chi connectivity index (χ0v) is 18.4. The molecular formula is C22H27ClF2N2O5. The van der Waals surface area contributed by atoms with Gasteiger partial charge in [-0.05, 0) is 42.8 Å². The van der Waals surface area contributed by atoms with Gasteiger partial charge in [0.25, 0.3) is 5.91 Å². The standard InChI is InChI=1S/C14H9ClF2N2O2.C8H18O3/c15-8-4-6-9(7-5-8)18-14(21)19-13(20)12-10(16)2-1-3-11(12)17;1-2-3-4-5-11-7-8(10)6-9/h1-7H,(H2,18,19,20,21);8-10H,2-7H2,1H3. The zero-order chi connectivity index (χ0) is 23.9. The van der Waals surface area contributed by atoms with Crippen LogP contribution in [0.2, 0.25) is 5.02 Å². The van der Waals surface area contributed by atoms with Gasteiger partial charge in [0.05, 0.1) is 13.2 Å². The van der Waals surface area contributed by atoms with E-state index >= 15 is 0 Å². The van der Waals surface area contributed by atoms with Crippen molar-refractivity contribution in [3.8, 4) is 0 Å². The first kappa shape index (κ1) is 27.4. The van der Waals surface area contributed by atoms with Gasteiger partial charge in [-0.25, -0.2) is 13.6 Å². The highest BCUT2D eigenvalue weighted by atomic mass is 35.5. The minimum atomic E-state index is -1.17. The smallest absolute Gasteiger partial charge is 0.326 e. The number of hydrogen-bond donors (Lipinski definition) is 4. The molecule has 0 bridgehead atoms. The van der Waals surface area contributed by atoms with Gasteiger partial charge in [0.2, 0.25) is 0 Å². The van der Waals surface area contributed by atoms with Crippen LogP contribution in [0.15, 0.2) is 42.5 Å². The third kappa shape index (κ3) is 10.6. The quantitative estimate of drug-likeness (QED) is 0.410. The molecule has 2 aromatic carbocycles. The predicted octanol–water partition coefficient (Wildman–Crippen LogP) is 4.13. The van der Waals surface area contributed by atoms with Crippen LogP contribution in [0.5, 0.6) is 0 Å². The lowest BCUT2D eigenvalue weighted by atomic mass is 10.2. The van der Waals surface area contributed by atoms with Crippen molar-refractivity contribution in [2.75, 3.05) is 25.1 Å². The number of rotatable bonds is 9. The van der Waals surface area contributed by atoms with Crippen molar-refractivity contribution in [1.29, 1.82) is 0 Å². The SMILES string of the molecule is CCCCCOCC(O)CO.O=C(NC(=O)c1c(F)cccc1F)Nc1ccc(Cl)cc1. The number of carbonyl (C=O) groups is 2. The molecule has 0 aliphatic heterocycles. The second-order valence-corrected chi connectivity index (χ2v) is 7.07. The third-order valence-electron chi connectivity index (χ3n) is 3.93. The maximum Gasteiger partial charge on any atom is 0.326 e. The van der Waals surface area contributed by atoms with E-state index in [-0.39, 0.29) is 13.2 Å². The van der Waals surface area contributed by atoms with E-state index in [1.54, 1.807) is 0 Å². The predicted molar refractivity (Wildman–Crippen MR) is 118 cm³/mol. The number of halogens is 3. The maximum absolute atomic E-state index is 13.4. The number of nitrogens with one attached hydrogen (secondary N) is 2. The van der Waals surface area contributed by atoms with E-state index in [9.17, 15) is 18.4 Å². The number of amides is 3. The molecule has 0 heterocycles. The Morgan fingerprint density at radius 3 is 2.28 bits per heavy atom. The zero-order valence-electron chi connectivity index (χ0n) is 17.6.